The van der Waals surface area contributed by atoms with Gasteiger partial charge in [-0.15, -0.1) is 0 Å². The van der Waals surface area contributed by atoms with Crippen LogP contribution in [0.15, 0.2) is 24.3 Å². The van der Waals surface area contributed by atoms with Gasteiger partial charge in [-0.2, -0.15) is 5.10 Å². The smallest absolute Gasteiger partial charge is 0.274 e. The topological polar surface area (TPSA) is 90.8 Å². The molecule has 9 nitrogen and oxygen atoms in total. The number of amides is 3. The summed E-state index contributed by atoms with van der Waals surface area (Å²) in [7, 11) is 1.65. The van der Waals surface area contributed by atoms with E-state index >= 15 is 0 Å². The lowest BCUT2D eigenvalue weighted by atomic mass is 9.95. The quantitative estimate of drug-likeness (QED) is 0.708. The Kier molecular flexibility index (Phi) is 6.26. The molecule has 0 bridgehead atoms. The summed E-state index contributed by atoms with van der Waals surface area (Å²) >= 11 is 0. The second kappa shape index (κ2) is 9.26. The van der Waals surface area contributed by atoms with Crippen LogP contribution in [0.2, 0.25) is 0 Å². The largest absolute Gasteiger partial charge is 0.368 e. The lowest BCUT2D eigenvalue weighted by molar-refractivity contribution is -0.133. The van der Waals surface area contributed by atoms with Gasteiger partial charge in [-0.1, -0.05) is 25.0 Å². The molecular formula is C27H36N6O3. The molecule has 1 aromatic heterocycles. The molecule has 0 radical (unpaired) electrons. The number of benzene rings is 1. The predicted octanol–water partition coefficient (Wildman–Crippen LogP) is 2.37. The number of carbonyl (C=O) groups is 3. The molecule has 3 aliphatic rings. The standard InChI is InChI=1S/C27H36N6O3/c1-18-9-10-19(2)22(15-18)31-11-13-32(14-12-31)24(34)21-16-23-25(35)30(4)27(3,17-33(23)29-21)26(36)28-20-7-5-6-8-20/h9-10,15-16,20H,5-8,11-14,17H2,1-4H3,(H,28,36). The van der Waals surface area contributed by atoms with Crippen molar-refractivity contribution in [3.8, 4) is 0 Å². The van der Waals surface area contributed by atoms with E-state index < -0.39 is 5.54 Å². The van der Waals surface area contributed by atoms with Gasteiger partial charge in [0.1, 0.15) is 11.2 Å². The highest BCUT2D eigenvalue weighted by molar-refractivity contribution is 6.01. The molecule has 1 atom stereocenters. The number of likely N-dealkylation sites (N-methyl/N-ethyl adjacent to an activating group) is 1. The van der Waals surface area contributed by atoms with Crippen LogP contribution in [-0.4, -0.2) is 82.1 Å². The first-order valence-electron chi connectivity index (χ1n) is 13.0. The Morgan fingerprint density at radius 1 is 1.06 bits per heavy atom. The Morgan fingerprint density at radius 2 is 1.75 bits per heavy atom. The minimum atomic E-state index is -1.06. The number of aryl methyl sites for hydroxylation is 2. The van der Waals surface area contributed by atoms with Gasteiger partial charge in [0.05, 0.1) is 6.54 Å². The van der Waals surface area contributed by atoms with E-state index in [1.165, 1.54) is 26.4 Å². The summed E-state index contributed by atoms with van der Waals surface area (Å²) in [6.07, 6.45) is 4.18. The summed E-state index contributed by atoms with van der Waals surface area (Å²) in [4.78, 5) is 45.3. The van der Waals surface area contributed by atoms with E-state index in [2.05, 4.69) is 47.4 Å². The van der Waals surface area contributed by atoms with Crippen molar-refractivity contribution in [2.24, 2.45) is 0 Å². The summed E-state index contributed by atoms with van der Waals surface area (Å²) in [5.41, 5.74) is 3.20. The van der Waals surface area contributed by atoms with E-state index in [-0.39, 0.29) is 36.0 Å². The van der Waals surface area contributed by atoms with Gasteiger partial charge >= 0.3 is 0 Å². The minimum absolute atomic E-state index is 0.163. The summed E-state index contributed by atoms with van der Waals surface area (Å²) in [5, 5.41) is 7.63. The lowest BCUT2D eigenvalue weighted by Crippen LogP contribution is -2.63. The van der Waals surface area contributed by atoms with Crippen LogP contribution in [0.25, 0.3) is 0 Å². The Bertz CT molecular complexity index is 1190. The molecule has 1 unspecified atom stereocenters. The molecular weight excluding hydrogens is 456 g/mol. The van der Waals surface area contributed by atoms with Crippen LogP contribution in [0.3, 0.4) is 0 Å². The van der Waals surface area contributed by atoms with Crippen molar-refractivity contribution in [2.75, 3.05) is 38.1 Å². The molecule has 5 rings (SSSR count). The van der Waals surface area contributed by atoms with Gasteiger partial charge in [-0.05, 0) is 50.8 Å². The molecule has 1 N–H and O–H groups in total. The number of anilines is 1. The first-order valence-corrected chi connectivity index (χ1v) is 13.0. The van der Waals surface area contributed by atoms with Gasteiger partial charge in [-0.3, -0.25) is 19.1 Å². The van der Waals surface area contributed by atoms with E-state index in [1.807, 2.05) is 0 Å². The fraction of sp³-hybridized carbons (Fsp3) is 0.556. The normalized spacial score (nSPS) is 22.7. The molecule has 2 fully saturated rings. The van der Waals surface area contributed by atoms with Gasteiger partial charge < -0.3 is 20.0 Å². The third-order valence-electron chi connectivity index (χ3n) is 8.17. The van der Waals surface area contributed by atoms with Crippen molar-refractivity contribution >= 4 is 23.4 Å². The number of piperazine rings is 1. The van der Waals surface area contributed by atoms with Crippen molar-refractivity contribution in [1.82, 2.24) is 24.9 Å². The third-order valence-corrected chi connectivity index (χ3v) is 8.17. The van der Waals surface area contributed by atoms with E-state index in [1.54, 1.807) is 24.9 Å². The second-order valence-corrected chi connectivity index (χ2v) is 10.7. The van der Waals surface area contributed by atoms with E-state index in [0.717, 1.165) is 38.8 Å². The number of nitrogens with zero attached hydrogens (tertiary/aromatic N) is 5. The zero-order valence-electron chi connectivity index (χ0n) is 21.7. The molecule has 0 spiro atoms. The van der Waals surface area contributed by atoms with Gasteiger partial charge in [0.25, 0.3) is 11.8 Å². The third kappa shape index (κ3) is 4.24. The number of nitrogens with one attached hydrogen (secondary N) is 1. The molecule has 9 heteroatoms. The zero-order valence-corrected chi connectivity index (χ0v) is 21.7. The average Bonchev–Trinajstić information content (AvgIpc) is 3.54. The maximum atomic E-state index is 13.3. The van der Waals surface area contributed by atoms with Crippen molar-refractivity contribution in [3.63, 3.8) is 0 Å². The summed E-state index contributed by atoms with van der Waals surface area (Å²) in [6, 6.07) is 8.18. The Hall–Kier alpha value is -3.36. The van der Waals surface area contributed by atoms with Gasteiger partial charge in [0.15, 0.2) is 5.69 Å². The van der Waals surface area contributed by atoms with E-state index in [4.69, 9.17) is 0 Å². The van der Waals surface area contributed by atoms with Gasteiger partial charge in [-0.25, -0.2) is 0 Å². The molecule has 36 heavy (non-hydrogen) atoms. The number of carbonyl (C=O) groups excluding carboxylic acids is 3. The van der Waals surface area contributed by atoms with Crippen molar-refractivity contribution < 1.29 is 14.4 Å². The predicted molar refractivity (Wildman–Crippen MR) is 137 cm³/mol. The fourth-order valence-corrected chi connectivity index (χ4v) is 5.62. The fourth-order valence-electron chi connectivity index (χ4n) is 5.62. The molecule has 192 valence electrons. The summed E-state index contributed by atoms with van der Waals surface area (Å²) in [6.45, 7) is 8.84. The van der Waals surface area contributed by atoms with Crippen LogP contribution >= 0.6 is 0 Å². The number of fused-ring (bicyclic) bond motifs is 1. The number of aromatic nitrogens is 2. The van der Waals surface area contributed by atoms with Crippen LogP contribution < -0.4 is 10.2 Å². The second-order valence-electron chi connectivity index (χ2n) is 10.7. The highest BCUT2D eigenvalue weighted by Gasteiger charge is 2.47. The molecule has 3 heterocycles. The minimum Gasteiger partial charge on any atom is -0.368 e. The average molecular weight is 493 g/mol. The maximum absolute atomic E-state index is 13.3. The molecule has 1 aromatic carbocycles. The van der Waals surface area contributed by atoms with Crippen LogP contribution in [0.4, 0.5) is 5.69 Å². The van der Waals surface area contributed by atoms with Gasteiger partial charge in [0, 0.05) is 51.0 Å². The molecule has 1 saturated carbocycles. The Balaban J connectivity index is 1.29. The van der Waals surface area contributed by atoms with Crippen molar-refractivity contribution in [1.29, 1.82) is 0 Å². The monoisotopic (exact) mass is 492 g/mol. The molecule has 2 aromatic rings. The molecule has 2 aliphatic heterocycles. The van der Waals surface area contributed by atoms with Crippen LogP contribution in [0.5, 0.6) is 0 Å². The number of hydrogen-bond donors (Lipinski definition) is 1. The van der Waals surface area contributed by atoms with E-state index in [0.29, 0.717) is 18.8 Å². The Morgan fingerprint density at radius 3 is 2.44 bits per heavy atom. The molecule has 1 aliphatic carbocycles. The molecule has 1 saturated heterocycles. The highest BCUT2D eigenvalue weighted by Crippen LogP contribution is 2.28. The highest BCUT2D eigenvalue weighted by atomic mass is 16.2. The summed E-state index contributed by atoms with van der Waals surface area (Å²) < 4.78 is 1.54. The van der Waals surface area contributed by atoms with Crippen molar-refractivity contribution in [3.05, 3.63) is 46.8 Å². The maximum Gasteiger partial charge on any atom is 0.274 e. The van der Waals surface area contributed by atoms with Gasteiger partial charge in [0.2, 0.25) is 5.91 Å². The zero-order chi connectivity index (χ0) is 25.6. The first-order chi connectivity index (χ1) is 17.2. The van der Waals surface area contributed by atoms with E-state index in [9.17, 15) is 14.4 Å². The molecule has 3 amide bonds. The summed E-state index contributed by atoms with van der Waals surface area (Å²) in [5.74, 6) is -0.636. The Labute approximate surface area is 212 Å². The SMILES string of the molecule is Cc1ccc(C)c(N2CCN(C(=O)c3cc4n(n3)CC(C)(C(=O)NC3CCCC3)N(C)C4=O)CC2)c1. The van der Waals surface area contributed by atoms with Crippen LogP contribution in [-0.2, 0) is 11.3 Å². The number of hydrogen-bond acceptors (Lipinski definition) is 5. The first kappa shape index (κ1) is 24.3. The number of rotatable bonds is 4. The lowest BCUT2D eigenvalue weighted by Gasteiger charge is -2.41. The van der Waals surface area contributed by atoms with Crippen molar-refractivity contribution in [2.45, 2.75) is 64.6 Å². The van der Waals surface area contributed by atoms with Crippen LogP contribution in [0, 0.1) is 13.8 Å². The van der Waals surface area contributed by atoms with Crippen LogP contribution in [0.1, 0.15) is 64.7 Å².